The summed E-state index contributed by atoms with van der Waals surface area (Å²) in [6, 6.07) is 6.41. The molecule has 230 valence electrons. The fourth-order valence-electron chi connectivity index (χ4n) is 4.83. The van der Waals surface area contributed by atoms with Crippen molar-refractivity contribution in [2.24, 2.45) is 5.92 Å². The summed E-state index contributed by atoms with van der Waals surface area (Å²) in [5.41, 5.74) is 0.611. The molecule has 17 heteroatoms. The number of carbonyl (C=O) groups is 3. The molecular weight excluding hydrogens is 587 g/mol. The smallest absolute Gasteiger partial charge is 0.482 e. The Labute approximate surface area is 240 Å². The molecule has 43 heavy (non-hydrogen) atoms. The molecule has 0 radical (unpaired) electrons. The van der Waals surface area contributed by atoms with E-state index in [2.05, 4.69) is 19.8 Å². The van der Waals surface area contributed by atoms with Crippen LogP contribution in [0.3, 0.4) is 0 Å². The van der Waals surface area contributed by atoms with Gasteiger partial charge in [0.1, 0.15) is 24.6 Å². The maximum Gasteiger partial charge on any atom is 0.482 e. The van der Waals surface area contributed by atoms with Crippen LogP contribution >= 0.6 is 0 Å². The van der Waals surface area contributed by atoms with E-state index >= 15 is 0 Å². The lowest BCUT2D eigenvalue weighted by molar-refractivity contribution is -0.390. The predicted octanol–water partition coefficient (Wildman–Crippen LogP) is 3.45. The Morgan fingerprint density at radius 2 is 1.84 bits per heavy atom. The van der Waals surface area contributed by atoms with Gasteiger partial charge in [-0.05, 0) is 36.6 Å². The van der Waals surface area contributed by atoms with E-state index in [1.807, 2.05) is 5.32 Å². The number of ether oxygens (including phenoxy) is 3. The number of aromatic nitrogens is 4. The molecule has 1 aliphatic heterocycles. The van der Waals surface area contributed by atoms with Crippen LogP contribution in [0.1, 0.15) is 36.1 Å². The highest BCUT2D eigenvalue weighted by molar-refractivity contribution is 6.05. The van der Waals surface area contributed by atoms with Crippen molar-refractivity contribution < 1.29 is 50.5 Å². The highest BCUT2D eigenvalue weighted by Crippen LogP contribution is 2.48. The van der Waals surface area contributed by atoms with Gasteiger partial charge in [0.25, 0.3) is 0 Å². The molecule has 1 aliphatic carbocycles. The highest BCUT2D eigenvalue weighted by Gasteiger charge is 2.59. The Kier molecular flexibility index (Phi) is 8.18. The topological polar surface area (TPSA) is 138 Å². The van der Waals surface area contributed by atoms with Crippen LogP contribution < -0.4 is 10.1 Å². The number of alkyl halides is 5. The number of nitrogens with zero attached hydrogens (tertiary/aromatic N) is 5. The standard InChI is InChI=1S/C26H25F5N6O6/c1-14(38)23-17-11-16(41-13-20-32-5-2-6-33-20)3-4-18(17)36(35-23)12-21(39)37-19-9-15(19)10-22(37)43-24(40)34-7-8-42-26(30,31)25(27,28)29/h2-6,11,15,19,22H,7-10,12-13H2,1H3,(H,34,40)/t15-,19-,22+/m1/s1. The minimum absolute atomic E-state index is 0.0889. The molecule has 1 aromatic carbocycles. The third-order valence-electron chi connectivity index (χ3n) is 6.90. The van der Waals surface area contributed by atoms with Crippen molar-refractivity contribution in [1.29, 1.82) is 0 Å². The summed E-state index contributed by atoms with van der Waals surface area (Å²) in [6.07, 6.45) is -9.16. The quantitative estimate of drug-likeness (QED) is 0.196. The van der Waals surface area contributed by atoms with Crippen LogP contribution in [-0.2, 0) is 27.4 Å². The van der Waals surface area contributed by atoms with Gasteiger partial charge < -0.3 is 24.4 Å². The molecule has 1 N–H and O–H groups in total. The molecule has 1 saturated heterocycles. The second-order valence-corrected chi connectivity index (χ2v) is 9.94. The first-order chi connectivity index (χ1) is 20.3. The van der Waals surface area contributed by atoms with Crippen LogP contribution in [0.25, 0.3) is 10.9 Å². The first-order valence-corrected chi connectivity index (χ1v) is 13.1. The molecule has 0 spiro atoms. The third-order valence-corrected chi connectivity index (χ3v) is 6.90. The maximum atomic E-state index is 13.4. The van der Waals surface area contributed by atoms with Gasteiger partial charge in [0.05, 0.1) is 12.1 Å². The maximum absolute atomic E-state index is 13.4. The second kappa shape index (κ2) is 11.7. The summed E-state index contributed by atoms with van der Waals surface area (Å²) in [5.74, 6) is 0.197. The molecule has 2 aromatic heterocycles. The molecule has 3 heterocycles. The lowest BCUT2D eigenvalue weighted by atomic mass is 10.1. The number of fused-ring (bicyclic) bond motifs is 2. The lowest BCUT2D eigenvalue weighted by Crippen LogP contribution is -2.45. The number of benzene rings is 1. The number of piperidine rings is 1. The summed E-state index contributed by atoms with van der Waals surface area (Å²) < 4.78 is 78.1. The normalized spacial score (nSPS) is 19.7. The van der Waals surface area contributed by atoms with E-state index in [1.54, 1.807) is 36.7 Å². The Morgan fingerprint density at radius 3 is 2.53 bits per heavy atom. The van der Waals surface area contributed by atoms with Gasteiger partial charge >= 0.3 is 18.4 Å². The number of nitrogens with one attached hydrogen (secondary N) is 1. The van der Waals surface area contributed by atoms with Gasteiger partial charge in [0, 0.05) is 43.7 Å². The zero-order valence-electron chi connectivity index (χ0n) is 22.5. The number of halogens is 5. The van der Waals surface area contributed by atoms with Gasteiger partial charge in [-0.15, -0.1) is 0 Å². The highest BCUT2D eigenvalue weighted by atomic mass is 19.4. The van der Waals surface area contributed by atoms with Crippen LogP contribution in [0.2, 0.25) is 0 Å². The molecule has 5 rings (SSSR count). The predicted molar refractivity (Wildman–Crippen MR) is 135 cm³/mol. The lowest BCUT2D eigenvalue weighted by Gasteiger charge is -2.27. The Balaban J connectivity index is 1.22. The average Bonchev–Trinajstić information content (AvgIpc) is 3.46. The fourth-order valence-corrected chi connectivity index (χ4v) is 4.83. The zero-order valence-corrected chi connectivity index (χ0v) is 22.5. The molecule has 3 atom stereocenters. The summed E-state index contributed by atoms with van der Waals surface area (Å²) >= 11 is 0. The number of likely N-dealkylation sites (tertiary alicyclic amines) is 1. The van der Waals surface area contributed by atoms with Crippen molar-refractivity contribution in [3.8, 4) is 5.75 Å². The summed E-state index contributed by atoms with van der Waals surface area (Å²) in [4.78, 5) is 47.5. The SMILES string of the molecule is CC(=O)c1nn(CC(=O)N2[C@@H](OC(=O)NCCOC(F)(F)C(F)(F)F)C[C@H]3C[C@H]32)c2ccc(OCc3ncccn3)cc12. The van der Waals surface area contributed by atoms with Crippen molar-refractivity contribution in [1.82, 2.24) is 30.0 Å². The zero-order chi connectivity index (χ0) is 30.9. The van der Waals surface area contributed by atoms with Gasteiger partial charge in [-0.2, -0.15) is 27.1 Å². The first-order valence-electron chi connectivity index (χ1n) is 13.1. The van der Waals surface area contributed by atoms with Gasteiger partial charge in [-0.1, -0.05) is 0 Å². The van der Waals surface area contributed by atoms with E-state index in [9.17, 15) is 36.3 Å². The van der Waals surface area contributed by atoms with E-state index in [-0.39, 0.29) is 36.6 Å². The van der Waals surface area contributed by atoms with E-state index in [1.165, 1.54) is 16.5 Å². The largest absolute Gasteiger partial charge is 0.486 e. The Hall–Kier alpha value is -4.41. The van der Waals surface area contributed by atoms with Crippen molar-refractivity contribution in [3.63, 3.8) is 0 Å². The average molecular weight is 613 g/mol. The van der Waals surface area contributed by atoms with Gasteiger partial charge in [0.15, 0.2) is 17.8 Å². The van der Waals surface area contributed by atoms with Crippen molar-refractivity contribution in [3.05, 3.63) is 48.2 Å². The number of hydrogen-bond acceptors (Lipinski definition) is 9. The molecule has 0 unspecified atom stereocenters. The van der Waals surface area contributed by atoms with Crippen LogP contribution in [0, 0.1) is 5.92 Å². The molecule has 2 fully saturated rings. The number of alkyl carbamates (subject to hydrolysis) is 1. The fraction of sp³-hybridized carbons (Fsp3) is 0.462. The third kappa shape index (κ3) is 6.65. The van der Waals surface area contributed by atoms with Gasteiger partial charge in [0.2, 0.25) is 5.91 Å². The molecule has 3 aromatic rings. The monoisotopic (exact) mass is 612 g/mol. The van der Waals surface area contributed by atoms with Crippen LogP contribution in [0.5, 0.6) is 5.75 Å². The molecule has 0 bridgehead atoms. The van der Waals surface area contributed by atoms with Crippen LogP contribution in [0.4, 0.5) is 26.7 Å². The Morgan fingerprint density at radius 1 is 1.09 bits per heavy atom. The molecule has 2 aliphatic rings. The van der Waals surface area contributed by atoms with Crippen LogP contribution in [0.15, 0.2) is 36.7 Å². The van der Waals surface area contributed by atoms with Crippen molar-refractivity contribution in [2.75, 3.05) is 13.2 Å². The Bertz CT molecular complexity index is 1520. The van der Waals surface area contributed by atoms with Crippen LogP contribution in [-0.4, -0.2) is 80.1 Å². The van der Waals surface area contributed by atoms with E-state index < -0.39 is 43.7 Å². The molecule has 1 saturated carbocycles. The van der Waals surface area contributed by atoms with Gasteiger partial charge in [-0.25, -0.2) is 14.8 Å². The summed E-state index contributed by atoms with van der Waals surface area (Å²) in [7, 11) is 0. The number of Topliss-reactive ketones (excluding diaryl/α,β-unsaturated/α-hetero) is 1. The molecule has 12 nitrogen and oxygen atoms in total. The molecular formula is C26H25F5N6O6. The first kappa shape index (κ1) is 30.1. The minimum Gasteiger partial charge on any atom is -0.486 e. The number of ketones is 1. The van der Waals surface area contributed by atoms with Crippen molar-refractivity contribution in [2.45, 2.75) is 57.5 Å². The molecule has 2 amide bonds. The number of carbonyl (C=O) groups excluding carboxylic acids is 3. The summed E-state index contributed by atoms with van der Waals surface area (Å²) in [6.45, 7) is -0.667. The van der Waals surface area contributed by atoms with E-state index in [0.717, 1.165) is 0 Å². The number of rotatable bonds is 11. The second-order valence-electron chi connectivity index (χ2n) is 9.94. The van der Waals surface area contributed by atoms with E-state index in [4.69, 9.17) is 9.47 Å². The van der Waals surface area contributed by atoms with Gasteiger partial charge in [-0.3, -0.25) is 14.3 Å². The minimum atomic E-state index is -5.89. The number of hydrogen-bond donors (Lipinski definition) is 1. The summed E-state index contributed by atoms with van der Waals surface area (Å²) in [5, 5.41) is 6.84. The van der Waals surface area contributed by atoms with Crippen molar-refractivity contribution >= 4 is 28.7 Å². The van der Waals surface area contributed by atoms with E-state index in [0.29, 0.717) is 35.3 Å². The number of amides is 2.